The molecule has 1 rings (SSSR count). The third-order valence-corrected chi connectivity index (χ3v) is 2.57. The third-order valence-electron chi connectivity index (χ3n) is 2.09. The van der Waals surface area contributed by atoms with E-state index < -0.39 is 45.1 Å². The van der Waals surface area contributed by atoms with E-state index in [1.807, 2.05) is 0 Å². The van der Waals surface area contributed by atoms with Crippen molar-refractivity contribution in [3.05, 3.63) is 0 Å². The standard InChI is InChI=1S/C6H13O9P.Ba/c7-1-2-3(8)4(9)5(10)6(14-2)15-16(11,12)13;/h2-10H,1H2,(H2,11,12,13);/t2-,3+,4+,5-,6-;/m1./s1. The summed E-state index contributed by atoms with van der Waals surface area (Å²) in [6.07, 6.45) is -8.25. The zero-order valence-electron chi connectivity index (χ0n) is 8.66. The van der Waals surface area contributed by atoms with Crippen LogP contribution in [0.5, 0.6) is 0 Å². The quantitative estimate of drug-likeness (QED) is 0.210. The van der Waals surface area contributed by atoms with Crippen LogP contribution in [-0.4, -0.2) is 116 Å². The van der Waals surface area contributed by atoms with Gasteiger partial charge in [-0.15, -0.1) is 0 Å². The second kappa shape index (κ2) is 7.31. The van der Waals surface area contributed by atoms with Crippen molar-refractivity contribution in [1.29, 1.82) is 0 Å². The number of ether oxygens (including phenoxy) is 1. The van der Waals surface area contributed by atoms with E-state index in [2.05, 4.69) is 9.26 Å². The second-order valence-electron chi connectivity index (χ2n) is 3.29. The average Bonchev–Trinajstić information content (AvgIpc) is 2.17. The minimum Gasteiger partial charge on any atom is -0.394 e. The Hall–Kier alpha value is 1.48. The van der Waals surface area contributed by atoms with Gasteiger partial charge in [0.05, 0.1) is 6.61 Å². The maximum Gasteiger partial charge on any atom is 0.472 e. The molecule has 6 N–H and O–H groups in total. The smallest absolute Gasteiger partial charge is 0.394 e. The first-order valence-electron chi connectivity index (χ1n) is 4.30. The van der Waals surface area contributed by atoms with Crippen molar-refractivity contribution in [1.82, 2.24) is 0 Å². The van der Waals surface area contributed by atoms with Crippen LogP contribution >= 0.6 is 7.82 Å². The van der Waals surface area contributed by atoms with Gasteiger partial charge in [-0.1, -0.05) is 0 Å². The van der Waals surface area contributed by atoms with Gasteiger partial charge in [-0.3, -0.25) is 4.52 Å². The summed E-state index contributed by atoms with van der Waals surface area (Å²) in [5, 5.41) is 36.6. The number of aliphatic hydroxyl groups excluding tert-OH is 4. The van der Waals surface area contributed by atoms with Crippen molar-refractivity contribution in [3.63, 3.8) is 0 Å². The zero-order valence-corrected chi connectivity index (χ0v) is 14.0. The second-order valence-corrected chi connectivity index (χ2v) is 4.49. The fourth-order valence-corrected chi connectivity index (χ4v) is 1.73. The zero-order chi connectivity index (χ0) is 12.5. The molecule has 0 aromatic heterocycles. The molecule has 9 nitrogen and oxygen atoms in total. The van der Waals surface area contributed by atoms with Crippen molar-refractivity contribution in [2.24, 2.45) is 0 Å². The predicted octanol–water partition coefficient (Wildman–Crippen LogP) is -3.49. The molecule has 0 aromatic rings. The Labute approximate surface area is 137 Å². The molecule has 1 fully saturated rings. The van der Waals surface area contributed by atoms with Crippen LogP contribution in [0.1, 0.15) is 0 Å². The van der Waals surface area contributed by atoms with Gasteiger partial charge < -0.3 is 34.9 Å². The summed E-state index contributed by atoms with van der Waals surface area (Å²) < 4.78 is 19.2. The maximum atomic E-state index is 10.5. The molecule has 11 heteroatoms. The van der Waals surface area contributed by atoms with Crippen molar-refractivity contribution in [3.8, 4) is 0 Å². The Balaban J connectivity index is 0.00000256. The molecule has 1 saturated heterocycles. The Morgan fingerprint density at radius 1 is 1.12 bits per heavy atom. The summed E-state index contributed by atoms with van der Waals surface area (Å²) in [4.78, 5) is 17.0. The van der Waals surface area contributed by atoms with E-state index >= 15 is 0 Å². The molecule has 1 aliphatic heterocycles. The molecular formula is C6H13BaO9P. The third kappa shape index (κ3) is 5.17. The van der Waals surface area contributed by atoms with Crippen LogP contribution in [0, 0.1) is 0 Å². The van der Waals surface area contributed by atoms with Gasteiger partial charge in [-0.25, -0.2) is 4.57 Å². The van der Waals surface area contributed by atoms with Crippen LogP contribution in [0.25, 0.3) is 0 Å². The van der Waals surface area contributed by atoms with Crippen LogP contribution < -0.4 is 0 Å². The number of hydrogen-bond acceptors (Lipinski definition) is 7. The van der Waals surface area contributed by atoms with Crippen molar-refractivity contribution < 1.29 is 44.0 Å². The van der Waals surface area contributed by atoms with Crippen LogP contribution in [0.15, 0.2) is 0 Å². The summed E-state index contributed by atoms with van der Waals surface area (Å²) in [6, 6.07) is 0. The minimum absolute atomic E-state index is 0. The molecule has 1 aliphatic rings. The predicted molar refractivity (Wildman–Crippen MR) is 52.7 cm³/mol. The fraction of sp³-hybridized carbons (Fsp3) is 1.00. The average molecular weight is 397 g/mol. The fourth-order valence-electron chi connectivity index (χ4n) is 1.29. The van der Waals surface area contributed by atoms with Gasteiger partial charge in [0.2, 0.25) is 0 Å². The summed E-state index contributed by atoms with van der Waals surface area (Å²) in [6.45, 7) is -0.702. The van der Waals surface area contributed by atoms with E-state index in [0.717, 1.165) is 0 Å². The molecule has 0 unspecified atom stereocenters. The molecular weight excluding hydrogens is 384 g/mol. The van der Waals surface area contributed by atoms with E-state index in [-0.39, 0.29) is 48.9 Å². The van der Waals surface area contributed by atoms with E-state index in [0.29, 0.717) is 0 Å². The molecule has 0 bridgehead atoms. The molecule has 0 aliphatic carbocycles. The number of rotatable bonds is 3. The molecule has 0 aromatic carbocycles. The van der Waals surface area contributed by atoms with Crippen LogP contribution in [-0.2, 0) is 13.8 Å². The molecule has 2 radical (unpaired) electrons. The Morgan fingerprint density at radius 2 is 1.65 bits per heavy atom. The molecule has 0 saturated carbocycles. The van der Waals surface area contributed by atoms with E-state index in [4.69, 9.17) is 14.9 Å². The number of aliphatic hydroxyl groups is 4. The van der Waals surface area contributed by atoms with Gasteiger partial charge in [-0.05, 0) is 0 Å². The number of hydrogen-bond donors (Lipinski definition) is 6. The molecule has 5 atom stereocenters. The summed E-state index contributed by atoms with van der Waals surface area (Å²) in [7, 11) is -4.91. The first kappa shape index (κ1) is 18.5. The normalized spacial score (nSPS) is 38.6. The monoisotopic (exact) mass is 398 g/mol. The molecule has 0 spiro atoms. The topological polar surface area (TPSA) is 157 Å². The molecule has 17 heavy (non-hydrogen) atoms. The largest absolute Gasteiger partial charge is 0.472 e. The van der Waals surface area contributed by atoms with Crippen LogP contribution in [0.3, 0.4) is 0 Å². The van der Waals surface area contributed by atoms with Gasteiger partial charge in [0.15, 0.2) is 6.29 Å². The molecule has 98 valence electrons. The van der Waals surface area contributed by atoms with Crippen molar-refractivity contribution >= 4 is 56.7 Å². The van der Waals surface area contributed by atoms with Gasteiger partial charge in [0, 0.05) is 48.9 Å². The molecule has 1 heterocycles. The Bertz CT molecular complexity index is 281. The summed E-state index contributed by atoms with van der Waals surface area (Å²) in [5.74, 6) is 0. The first-order chi connectivity index (χ1) is 7.26. The summed E-state index contributed by atoms with van der Waals surface area (Å²) >= 11 is 0. The van der Waals surface area contributed by atoms with E-state index in [1.165, 1.54) is 0 Å². The minimum atomic E-state index is -4.91. The molecule has 0 amide bonds. The Kier molecular flexibility index (Phi) is 7.95. The van der Waals surface area contributed by atoms with Gasteiger partial charge in [0.1, 0.15) is 24.4 Å². The summed E-state index contributed by atoms with van der Waals surface area (Å²) in [5.41, 5.74) is 0. The van der Waals surface area contributed by atoms with Gasteiger partial charge in [-0.2, -0.15) is 0 Å². The maximum absolute atomic E-state index is 10.5. The van der Waals surface area contributed by atoms with Crippen molar-refractivity contribution in [2.45, 2.75) is 30.7 Å². The van der Waals surface area contributed by atoms with Crippen LogP contribution in [0.2, 0.25) is 0 Å². The number of phosphoric acid groups is 1. The first-order valence-corrected chi connectivity index (χ1v) is 5.83. The Morgan fingerprint density at radius 3 is 2.06 bits per heavy atom. The number of phosphoric ester groups is 1. The van der Waals surface area contributed by atoms with E-state index in [1.54, 1.807) is 0 Å². The SMILES string of the molecule is O=P(O)(O)O[C@H]1O[C@H](CO)[C@H](O)[C@H](O)[C@H]1O.[Ba]. The van der Waals surface area contributed by atoms with Gasteiger partial charge in [0.25, 0.3) is 0 Å². The van der Waals surface area contributed by atoms with Crippen LogP contribution in [0.4, 0.5) is 0 Å². The van der Waals surface area contributed by atoms with E-state index in [9.17, 15) is 19.9 Å². The van der Waals surface area contributed by atoms with Gasteiger partial charge >= 0.3 is 7.82 Å². The van der Waals surface area contributed by atoms with Crippen molar-refractivity contribution in [2.75, 3.05) is 6.61 Å².